The van der Waals surface area contributed by atoms with E-state index in [1.165, 1.54) is 42.4 Å². The quantitative estimate of drug-likeness (QED) is 0.230. The second-order valence-electron chi connectivity index (χ2n) is 12.0. The smallest absolute Gasteiger partial charge is 0.165 e. The number of aromatic hydroxyl groups is 1. The van der Waals surface area contributed by atoms with Gasteiger partial charge in [0.25, 0.3) is 0 Å². The van der Waals surface area contributed by atoms with Gasteiger partial charge in [0, 0.05) is 36.9 Å². The molecule has 1 aliphatic carbocycles. The van der Waals surface area contributed by atoms with Crippen LogP contribution in [0.15, 0.2) is 48.5 Å². The van der Waals surface area contributed by atoms with Crippen molar-refractivity contribution >= 4 is 5.69 Å². The van der Waals surface area contributed by atoms with E-state index in [1.54, 1.807) is 32.4 Å². The fourth-order valence-corrected chi connectivity index (χ4v) is 7.37. The van der Waals surface area contributed by atoms with Gasteiger partial charge in [0.2, 0.25) is 0 Å². The number of benzene rings is 3. The van der Waals surface area contributed by atoms with Gasteiger partial charge in [-0.3, -0.25) is 4.90 Å². The second-order valence-corrected chi connectivity index (χ2v) is 12.0. The molecule has 0 saturated carbocycles. The predicted octanol–water partition coefficient (Wildman–Crippen LogP) is 6.87. The molecule has 0 amide bonds. The normalized spacial score (nSPS) is 21.3. The van der Waals surface area contributed by atoms with Crippen LogP contribution >= 0.6 is 0 Å². The standard InChI is InChI=1S/C35H43FN2O4/c1-40-34-21-30(26-7-6-25-20-29(39)13-8-24(25)19-26)32(22-35(34)41-2)37-15-3-4-23-5-14-33(31(36)18-23)42-17-16-38-27-9-10-28(38)12-11-27/h5,8,13-14,18,20-22,26-28,37,39H,3-4,6-7,9-12,15-17,19H2,1-2H3/t26-,27?,28?/m1/s1. The molecule has 3 aromatic carbocycles. The van der Waals surface area contributed by atoms with Crippen LogP contribution in [0.4, 0.5) is 10.1 Å². The average Bonchev–Trinajstić information content (AvgIpc) is 3.59. The molecule has 2 fully saturated rings. The van der Waals surface area contributed by atoms with Crippen molar-refractivity contribution in [1.82, 2.24) is 4.90 Å². The van der Waals surface area contributed by atoms with Crippen LogP contribution in [0.2, 0.25) is 0 Å². The Balaban J connectivity index is 1.05. The summed E-state index contributed by atoms with van der Waals surface area (Å²) in [4.78, 5) is 2.56. The largest absolute Gasteiger partial charge is 0.508 e. The molecule has 0 unspecified atom stereocenters. The van der Waals surface area contributed by atoms with Crippen molar-refractivity contribution < 1.29 is 23.7 Å². The lowest BCUT2D eigenvalue weighted by molar-refractivity contribution is 0.190. The van der Waals surface area contributed by atoms with Gasteiger partial charge >= 0.3 is 0 Å². The lowest BCUT2D eigenvalue weighted by atomic mass is 9.79. The number of methoxy groups -OCH3 is 2. The molecule has 0 aromatic heterocycles. The van der Waals surface area contributed by atoms with E-state index in [1.807, 2.05) is 24.3 Å². The molecular formula is C35H43FN2O4. The van der Waals surface area contributed by atoms with Crippen LogP contribution in [-0.4, -0.2) is 56.0 Å². The lowest BCUT2D eigenvalue weighted by Crippen LogP contribution is -2.32. The van der Waals surface area contributed by atoms with Crippen molar-refractivity contribution in [2.45, 2.75) is 75.8 Å². The molecule has 2 aliphatic heterocycles. The SMILES string of the molecule is COc1cc(NCCCc2ccc(OCCN3C4CCC3CC4)c(F)c2)c([C@@H]2CCc3cc(O)ccc3C2)cc1OC. The molecule has 2 saturated heterocycles. The minimum absolute atomic E-state index is 0.280. The van der Waals surface area contributed by atoms with Crippen LogP contribution < -0.4 is 19.5 Å². The van der Waals surface area contributed by atoms with Crippen molar-refractivity contribution in [2.75, 3.05) is 39.2 Å². The number of nitrogens with one attached hydrogen (secondary N) is 1. The summed E-state index contributed by atoms with van der Waals surface area (Å²) in [6.07, 6.45) is 9.66. The number of anilines is 1. The topological polar surface area (TPSA) is 63.2 Å². The molecule has 6 rings (SSSR count). The molecule has 7 heteroatoms. The zero-order chi connectivity index (χ0) is 29.1. The van der Waals surface area contributed by atoms with E-state index in [0.29, 0.717) is 41.9 Å². The second kappa shape index (κ2) is 12.8. The summed E-state index contributed by atoms with van der Waals surface area (Å²) in [6.45, 7) is 2.17. The van der Waals surface area contributed by atoms with Crippen molar-refractivity contribution in [2.24, 2.45) is 0 Å². The summed E-state index contributed by atoms with van der Waals surface area (Å²) in [5, 5.41) is 13.5. The van der Waals surface area contributed by atoms with Crippen LogP contribution in [-0.2, 0) is 19.3 Å². The molecule has 224 valence electrons. The van der Waals surface area contributed by atoms with Gasteiger partial charge in [-0.25, -0.2) is 4.39 Å². The molecule has 3 aliphatic rings. The van der Waals surface area contributed by atoms with E-state index in [-0.39, 0.29) is 5.82 Å². The number of phenols is 1. The van der Waals surface area contributed by atoms with Gasteiger partial charge < -0.3 is 24.6 Å². The van der Waals surface area contributed by atoms with Gasteiger partial charge in [0.1, 0.15) is 12.4 Å². The Morgan fingerprint density at radius 2 is 1.64 bits per heavy atom. The number of nitrogens with zero attached hydrogens (tertiary/aromatic N) is 1. The van der Waals surface area contributed by atoms with Gasteiger partial charge in [-0.2, -0.15) is 0 Å². The lowest BCUT2D eigenvalue weighted by Gasteiger charge is -2.28. The van der Waals surface area contributed by atoms with E-state index in [4.69, 9.17) is 14.2 Å². The summed E-state index contributed by atoms with van der Waals surface area (Å²) >= 11 is 0. The number of aryl methyl sites for hydroxylation is 2. The van der Waals surface area contributed by atoms with Crippen LogP contribution in [0.5, 0.6) is 23.0 Å². The number of rotatable bonds is 12. The third kappa shape index (κ3) is 6.17. The zero-order valence-electron chi connectivity index (χ0n) is 24.8. The van der Waals surface area contributed by atoms with Gasteiger partial charge in [-0.15, -0.1) is 0 Å². The van der Waals surface area contributed by atoms with Gasteiger partial charge in [-0.05, 0) is 116 Å². The molecular weight excluding hydrogens is 531 g/mol. The van der Waals surface area contributed by atoms with Crippen molar-refractivity contribution in [3.05, 3.63) is 76.6 Å². The summed E-state index contributed by atoms with van der Waals surface area (Å²) in [7, 11) is 3.32. The fourth-order valence-electron chi connectivity index (χ4n) is 7.37. The van der Waals surface area contributed by atoms with Crippen LogP contribution in [0, 0.1) is 5.82 Å². The number of hydrogen-bond acceptors (Lipinski definition) is 6. The monoisotopic (exact) mass is 574 g/mol. The average molecular weight is 575 g/mol. The molecule has 42 heavy (non-hydrogen) atoms. The van der Waals surface area contributed by atoms with Gasteiger partial charge in [-0.1, -0.05) is 12.1 Å². The van der Waals surface area contributed by atoms with E-state index in [0.717, 1.165) is 62.2 Å². The molecule has 0 spiro atoms. The Bertz CT molecular complexity index is 1380. The van der Waals surface area contributed by atoms with Crippen molar-refractivity contribution in [3.63, 3.8) is 0 Å². The minimum atomic E-state index is -0.280. The van der Waals surface area contributed by atoms with Gasteiger partial charge in [0.05, 0.1) is 14.2 Å². The highest BCUT2D eigenvalue weighted by atomic mass is 19.1. The third-order valence-corrected chi connectivity index (χ3v) is 9.58. The van der Waals surface area contributed by atoms with E-state index in [9.17, 15) is 9.50 Å². The van der Waals surface area contributed by atoms with Crippen LogP contribution in [0.3, 0.4) is 0 Å². The van der Waals surface area contributed by atoms with Crippen LogP contribution in [0.25, 0.3) is 0 Å². The van der Waals surface area contributed by atoms with E-state index in [2.05, 4.69) is 16.3 Å². The Labute approximate surface area is 248 Å². The first kappa shape index (κ1) is 28.7. The molecule has 1 atom stereocenters. The summed E-state index contributed by atoms with van der Waals surface area (Å²) in [5.74, 6) is 2.14. The summed E-state index contributed by atoms with van der Waals surface area (Å²) in [6, 6.07) is 16.6. The highest BCUT2D eigenvalue weighted by Gasteiger charge is 2.38. The molecule has 6 nitrogen and oxygen atoms in total. The Morgan fingerprint density at radius 1 is 0.881 bits per heavy atom. The third-order valence-electron chi connectivity index (χ3n) is 9.58. The van der Waals surface area contributed by atoms with Crippen molar-refractivity contribution in [3.8, 4) is 23.0 Å². The predicted molar refractivity (Wildman–Crippen MR) is 164 cm³/mol. The number of fused-ring (bicyclic) bond motifs is 3. The highest BCUT2D eigenvalue weighted by Crippen LogP contribution is 2.42. The van der Waals surface area contributed by atoms with E-state index >= 15 is 0 Å². The zero-order valence-corrected chi connectivity index (χ0v) is 24.8. The molecule has 2 N–H and O–H groups in total. The van der Waals surface area contributed by atoms with E-state index < -0.39 is 0 Å². The van der Waals surface area contributed by atoms with Crippen molar-refractivity contribution in [1.29, 1.82) is 0 Å². The molecule has 2 bridgehead atoms. The molecule has 0 radical (unpaired) electrons. The number of hydrogen-bond donors (Lipinski definition) is 2. The molecule has 2 heterocycles. The number of ether oxygens (including phenoxy) is 3. The maximum absolute atomic E-state index is 14.8. The number of halogens is 1. The highest BCUT2D eigenvalue weighted by molar-refractivity contribution is 5.62. The number of phenolic OH excluding ortho intramolecular Hbond substituents is 1. The first-order valence-corrected chi connectivity index (χ1v) is 15.5. The summed E-state index contributed by atoms with van der Waals surface area (Å²) < 4.78 is 31.9. The Morgan fingerprint density at radius 3 is 2.38 bits per heavy atom. The first-order valence-electron chi connectivity index (χ1n) is 15.5. The molecule has 3 aromatic rings. The Hall–Kier alpha value is -3.45. The summed E-state index contributed by atoms with van der Waals surface area (Å²) in [5.41, 5.74) is 5.73. The van der Waals surface area contributed by atoms with Gasteiger partial charge in [0.15, 0.2) is 23.1 Å². The maximum Gasteiger partial charge on any atom is 0.165 e. The minimum Gasteiger partial charge on any atom is -0.508 e. The Kier molecular flexibility index (Phi) is 8.75. The van der Waals surface area contributed by atoms with Crippen LogP contribution in [0.1, 0.15) is 66.7 Å². The maximum atomic E-state index is 14.8. The fraction of sp³-hybridized carbons (Fsp3) is 0.486. The first-order chi connectivity index (χ1) is 20.5.